The van der Waals surface area contributed by atoms with Crippen molar-refractivity contribution in [3.05, 3.63) is 82.9 Å². The van der Waals surface area contributed by atoms with Gasteiger partial charge in [-0.1, -0.05) is 48.5 Å². The molecule has 1 unspecified atom stereocenters. The number of hydrogen-bond donors (Lipinski definition) is 2. The van der Waals surface area contributed by atoms with E-state index in [-0.39, 0.29) is 25.7 Å². The summed E-state index contributed by atoms with van der Waals surface area (Å²) in [5, 5.41) is 12.2. The Morgan fingerprint density at radius 2 is 1.64 bits per heavy atom. The molecule has 0 saturated heterocycles. The molecule has 1 heterocycles. The number of hydrogen-bond acceptors (Lipinski definition) is 5. The molecule has 3 aromatic rings. The van der Waals surface area contributed by atoms with Crippen LogP contribution in [0.25, 0.3) is 11.1 Å². The third-order valence-electron chi connectivity index (χ3n) is 6.19. The number of ether oxygens (including phenoxy) is 3. The van der Waals surface area contributed by atoms with Crippen molar-refractivity contribution in [1.82, 2.24) is 5.32 Å². The quantitative estimate of drug-likeness (QED) is 0.589. The first-order chi connectivity index (χ1) is 16.0. The Balaban J connectivity index is 1.27. The van der Waals surface area contributed by atoms with Crippen molar-refractivity contribution in [1.29, 1.82) is 0 Å². The molecule has 2 aliphatic rings. The molecule has 5 rings (SSSR count). The summed E-state index contributed by atoms with van der Waals surface area (Å²) in [5.74, 6) is -0.0309. The molecular weight excluding hydrogens is 422 g/mol. The number of amides is 1. The van der Waals surface area contributed by atoms with Gasteiger partial charge >= 0.3 is 12.1 Å². The maximum Gasteiger partial charge on any atom is 0.407 e. The molecular formula is C26H23NO6. The summed E-state index contributed by atoms with van der Waals surface area (Å²) in [7, 11) is 0. The smallest absolute Gasteiger partial charge is 0.407 e. The molecule has 2 N–H and O–H groups in total. The summed E-state index contributed by atoms with van der Waals surface area (Å²) >= 11 is 0. The maximum absolute atomic E-state index is 12.6. The van der Waals surface area contributed by atoms with Gasteiger partial charge in [-0.3, -0.25) is 0 Å². The van der Waals surface area contributed by atoms with Crippen LogP contribution in [0.2, 0.25) is 0 Å². The lowest BCUT2D eigenvalue weighted by Crippen LogP contribution is -2.43. The van der Waals surface area contributed by atoms with Crippen LogP contribution in [0.1, 0.15) is 28.2 Å². The third kappa shape index (κ3) is 3.98. The molecule has 1 amide bonds. The fourth-order valence-electron chi connectivity index (χ4n) is 4.51. The Labute approximate surface area is 190 Å². The topological polar surface area (TPSA) is 94.1 Å². The standard InChI is InChI=1S/C26H23NO6/c1-15-10-23-24(33-14-32-23)12-16(15)11-22(25(28)29)27-26(30)31-13-21-19-8-4-2-6-17(19)18-7-3-5-9-20(18)21/h2-10,12,21-22H,11,13-14H2,1H3,(H,27,30)(H,28,29). The fourth-order valence-corrected chi connectivity index (χ4v) is 4.51. The number of fused-ring (bicyclic) bond motifs is 4. The van der Waals surface area contributed by atoms with Crippen LogP contribution in [0.3, 0.4) is 0 Å². The van der Waals surface area contributed by atoms with Crippen molar-refractivity contribution < 1.29 is 28.9 Å². The minimum Gasteiger partial charge on any atom is -0.480 e. The van der Waals surface area contributed by atoms with E-state index < -0.39 is 18.1 Å². The van der Waals surface area contributed by atoms with Crippen LogP contribution in [0, 0.1) is 6.92 Å². The highest BCUT2D eigenvalue weighted by Crippen LogP contribution is 2.44. The number of nitrogens with one attached hydrogen (secondary N) is 1. The predicted octanol–water partition coefficient (Wildman–Crippen LogP) is 4.26. The molecule has 7 nitrogen and oxygen atoms in total. The predicted molar refractivity (Wildman–Crippen MR) is 121 cm³/mol. The highest BCUT2D eigenvalue weighted by atomic mass is 16.7. The molecule has 1 aliphatic heterocycles. The van der Waals surface area contributed by atoms with Gasteiger partial charge in [0, 0.05) is 12.3 Å². The molecule has 0 aromatic heterocycles. The van der Waals surface area contributed by atoms with Crippen LogP contribution >= 0.6 is 0 Å². The average Bonchev–Trinajstić information content (AvgIpc) is 3.39. The zero-order valence-electron chi connectivity index (χ0n) is 18.0. The van der Waals surface area contributed by atoms with E-state index in [1.165, 1.54) is 0 Å². The molecule has 7 heteroatoms. The Hall–Kier alpha value is -4.00. The number of alkyl carbamates (subject to hydrolysis) is 1. The highest BCUT2D eigenvalue weighted by molar-refractivity contribution is 5.81. The van der Waals surface area contributed by atoms with Gasteiger partial charge in [0.25, 0.3) is 0 Å². The Bertz CT molecular complexity index is 1190. The minimum absolute atomic E-state index is 0.0949. The monoisotopic (exact) mass is 445 g/mol. The van der Waals surface area contributed by atoms with Gasteiger partial charge in [-0.15, -0.1) is 0 Å². The molecule has 0 bridgehead atoms. The van der Waals surface area contributed by atoms with Gasteiger partial charge < -0.3 is 24.6 Å². The molecule has 1 atom stereocenters. The van der Waals surface area contributed by atoms with E-state index in [0.717, 1.165) is 33.4 Å². The van der Waals surface area contributed by atoms with Gasteiger partial charge in [-0.2, -0.15) is 0 Å². The van der Waals surface area contributed by atoms with Gasteiger partial charge in [0.15, 0.2) is 11.5 Å². The minimum atomic E-state index is -1.14. The van der Waals surface area contributed by atoms with Gasteiger partial charge in [-0.05, 0) is 52.4 Å². The number of carbonyl (C=O) groups is 2. The molecule has 33 heavy (non-hydrogen) atoms. The Kier molecular flexibility index (Phi) is 5.38. The normalized spacial score (nSPS) is 14.3. The lowest BCUT2D eigenvalue weighted by atomic mass is 9.98. The van der Waals surface area contributed by atoms with Gasteiger partial charge in [0.2, 0.25) is 6.79 Å². The van der Waals surface area contributed by atoms with Crippen molar-refractivity contribution in [2.24, 2.45) is 0 Å². The van der Waals surface area contributed by atoms with Crippen LogP contribution in [0.4, 0.5) is 4.79 Å². The second-order valence-electron chi connectivity index (χ2n) is 8.20. The average molecular weight is 445 g/mol. The van der Waals surface area contributed by atoms with Gasteiger partial charge in [0.05, 0.1) is 0 Å². The second-order valence-corrected chi connectivity index (χ2v) is 8.20. The molecule has 1 aliphatic carbocycles. The molecule has 0 fully saturated rings. The van der Waals surface area contributed by atoms with Crippen LogP contribution in [-0.4, -0.2) is 36.6 Å². The summed E-state index contributed by atoms with van der Waals surface area (Å²) in [5.41, 5.74) is 6.06. The van der Waals surface area contributed by atoms with E-state index in [4.69, 9.17) is 14.2 Å². The van der Waals surface area contributed by atoms with Crippen molar-refractivity contribution in [2.75, 3.05) is 13.4 Å². The van der Waals surface area contributed by atoms with Crippen LogP contribution in [0.15, 0.2) is 60.7 Å². The second kappa shape index (κ2) is 8.50. The van der Waals surface area contributed by atoms with E-state index >= 15 is 0 Å². The first kappa shape index (κ1) is 20.9. The molecule has 0 saturated carbocycles. The largest absolute Gasteiger partial charge is 0.480 e. The first-order valence-electron chi connectivity index (χ1n) is 10.7. The fraction of sp³-hybridized carbons (Fsp3) is 0.231. The number of aryl methyl sites for hydroxylation is 1. The zero-order chi connectivity index (χ0) is 22.9. The van der Waals surface area contributed by atoms with Crippen molar-refractivity contribution in [2.45, 2.75) is 25.3 Å². The van der Waals surface area contributed by atoms with E-state index in [2.05, 4.69) is 17.4 Å². The zero-order valence-corrected chi connectivity index (χ0v) is 18.0. The highest BCUT2D eigenvalue weighted by Gasteiger charge is 2.30. The van der Waals surface area contributed by atoms with Crippen molar-refractivity contribution in [3.63, 3.8) is 0 Å². The summed E-state index contributed by atoms with van der Waals surface area (Å²) in [6, 6.07) is 18.5. The summed E-state index contributed by atoms with van der Waals surface area (Å²) in [6.07, 6.45) is -0.662. The number of carboxylic acid groups (broad SMARTS) is 1. The summed E-state index contributed by atoms with van der Waals surface area (Å²) in [6.45, 7) is 2.12. The Morgan fingerprint density at radius 1 is 1.03 bits per heavy atom. The molecule has 168 valence electrons. The van der Waals surface area contributed by atoms with E-state index in [9.17, 15) is 14.7 Å². The number of aliphatic carboxylic acids is 1. The number of benzene rings is 3. The summed E-state index contributed by atoms with van der Waals surface area (Å²) in [4.78, 5) is 24.4. The lowest BCUT2D eigenvalue weighted by Gasteiger charge is -2.18. The van der Waals surface area contributed by atoms with Crippen molar-refractivity contribution >= 4 is 12.1 Å². The van der Waals surface area contributed by atoms with Crippen molar-refractivity contribution in [3.8, 4) is 22.6 Å². The number of carbonyl (C=O) groups excluding carboxylic acids is 1. The van der Waals surface area contributed by atoms with Gasteiger partial charge in [-0.25, -0.2) is 9.59 Å². The molecule has 0 spiro atoms. The number of rotatable bonds is 6. The van der Waals surface area contributed by atoms with Gasteiger partial charge in [0.1, 0.15) is 12.6 Å². The van der Waals surface area contributed by atoms with Crippen LogP contribution < -0.4 is 14.8 Å². The first-order valence-corrected chi connectivity index (χ1v) is 10.7. The van der Waals surface area contributed by atoms with E-state index in [1.54, 1.807) is 6.07 Å². The number of carboxylic acids is 1. The lowest BCUT2D eigenvalue weighted by molar-refractivity contribution is -0.139. The van der Waals surface area contributed by atoms with Crippen LogP contribution in [-0.2, 0) is 16.0 Å². The molecule has 3 aromatic carbocycles. The maximum atomic E-state index is 12.6. The third-order valence-corrected chi connectivity index (χ3v) is 6.19. The van der Waals surface area contributed by atoms with Crippen LogP contribution in [0.5, 0.6) is 11.5 Å². The molecule has 0 radical (unpaired) electrons. The van der Waals surface area contributed by atoms with E-state index in [1.807, 2.05) is 49.4 Å². The van der Waals surface area contributed by atoms with E-state index in [0.29, 0.717) is 11.5 Å². The SMILES string of the molecule is Cc1cc2c(cc1CC(NC(=O)OCC1c3ccccc3-c3ccccc31)C(=O)O)OCO2. The Morgan fingerprint density at radius 3 is 2.27 bits per heavy atom. The summed E-state index contributed by atoms with van der Waals surface area (Å²) < 4.78 is 16.2.